The van der Waals surface area contributed by atoms with Crippen molar-refractivity contribution in [1.29, 1.82) is 0 Å². The highest BCUT2D eigenvalue weighted by molar-refractivity contribution is 7.80. The van der Waals surface area contributed by atoms with Crippen LogP contribution < -0.4 is 10.6 Å². The second-order valence-corrected chi connectivity index (χ2v) is 5.76. The monoisotopic (exact) mass is 366 g/mol. The summed E-state index contributed by atoms with van der Waals surface area (Å²) in [5, 5.41) is 15.0. The van der Waals surface area contributed by atoms with Gasteiger partial charge in [0, 0.05) is 17.0 Å². The predicted molar refractivity (Wildman–Crippen MR) is 95.4 cm³/mol. The molecule has 0 radical (unpaired) electrons. The van der Waals surface area contributed by atoms with Crippen molar-refractivity contribution in [2.45, 2.75) is 19.8 Å². The Morgan fingerprint density at radius 1 is 1.29 bits per heavy atom. The number of nitrogens with one attached hydrogen (secondary N) is 2. The Morgan fingerprint density at radius 3 is 2.67 bits per heavy atom. The summed E-state index contributed by atoms with van der Waals surface area (Å²) in [5.41, 5.74) is 1.06. The largest absolute Gasteiger partial charge is 0.475 e. The topological polar surface area (TPSA) is 91.6 Å². The van der Waals surface area contributed by atoms with Crippen molar-refractivity contribution in [3.8, 4) is 11.3 Å². The normalized spacial score (nSPS) is 10.2. The zero-order chi connectivity index (χ0) is 17.7. The number of anilines is 1. The average Bonchev–Trinajstić information content (AvgIpc) is 2.97. The number of carbonyl (C=O) groups is 2. The van der Waals surface area contributed by atoms with Gasteiger partial charge in [-0.3, -0.25) is 4.79 Å². The molecule has 3 N–H and O–H groups in total. The van der Waals surface area contributed by atoms with Gasteiger partial charge in [-0.15, -0.1) is 0 Å². The van der Waals surface area contributed by atoms with Crippen LogP contribution in [0, 0.1) is 0 Å². The van der Waals surface area contributed by atoms with Gasteiger partial charge in [-0.25, -0.2) is 4.79 Å². The summed E-state index contributed by atoms with van der Waals surface area (Å²) in [6, 6.07) is 7.82. The first-order valence-corrected chi connectivity index (χ1v) is 7.93. The Hall–Kier alpha value is -2.38. The molecule has 6 nitrogen and oxygen atoms in total. The van der Waals surface area contributed by atoms with Crippen LogP contribution in [-0.4, -0.2) is 22.1 Å². The molecule has 24 heavy (non-hydrogen) atoms. The van der Waals surface area contributed by atoms with Gasteiger partial charge < -0.3 is 20.2 Å². The Bertz CT molecular complexity index is 788. The Morgan fingerprint density at radius 2 is 2.04 bits per heavy atom. The summed E-state index contributed by atoms with van der Waals surface area (Å²) >= 11 is 11.1. The minimum Gasteiger partial charge on any atom is -0.475 e. The smallest absolute Gasteiger partial charge is 0.371 e. The van der Waals surface area contributed by atoms with Crippen LogP contribution in [0.1, 0.15) is 30.3 Å². The fourth-order valence-corrected chi connectivity index (χ4v) is 2.40. The van der Waals surface area contributed by atoms with Gasteiger partial charge >= 0.3 is 5.97 Å². The van der Waals surface area contributed by atoms with Crippen molar-refractivity contribution < 1.29 is 19.1 Å². The SMILES string of the molecule is CCCC(=O)NC(=S)Nc1cc(Cl)ccc1-c1ccc(C(=O)O)o1. The molecular weight excluding hydrogens is 352 g/mol. The highest BCUT2D eigenvalue weighted by Crippen LogP contribution is 2.32. The number of benzene rings is 1. The molecule has 0 unspecified atom stereocenters. The van der Waals surface area contributed by atoms with Crippen molar-refractivity contribution in [2.24, 2.45) is 0 Å². The summed E-state index contributed by atoms with van der Waals surface area (Å²) in [6.45, 7) is 1.89. The Kier molecular flexibility index (Phi) is 5.94. The van der Waals surface area contributed by atoms with Gasteiger partial charge in [0.15, 0.2) is 5.11 Å². The molecule has 8 heteroatoms. The van der Waals surface area contributed by atoms with Crippen molar-refractivity contribution >= 4 is 46.5 Å². The molecule has 1 heterocycles. The van der Waals surface area contributed by atoms with Crippen molar-refractivity contribution in [3.63, 3.8) is 0 Å². The number of thiocarbonyl (C=S) groups is 1. The Balaban J connectivity index is 2.25. The van der Waals surface area contributed by atoms with E-state index in [1.54, 1.807) is 18.2 Å². The molecule has 126 valence electrons. The van der Waals surface area contributed by atoms with E-state index in [2.05, 4.69) is 10.6 Å². The molecule has 0 fully saturated rings. The summed E-state index contributed by atoms with van der Waals surface area (Å²) in [5.74, 6) is -1.18. The molecule has 2 aromatic rings. The van der Waals surface area contributed by atoms with Crippen LogP contribution in [0.4, 0.5) is 5.69 Å². The quantitative estimate of drug-likeness (QED) is 0.695. The highest BCUT2D eigenvalue weighted by atomic mass is 35.5. The van der Waals surface area contributed by atoms with E-state index in [1.165, 1.54) is 12.1 Å². The lowest BCUT2D eigenvalue weighted by molar-refractivity contribution is -0.119. The zero-order valence-electron chi connectivity index (χ0n) is 12.8. The van der Waals surface area contributed by atoms with Gasteiger partial charge in [0.1, 0.15) is 5.76 Å². The number of halogens is 1. The van der Waals surface area contributed by atoms with Crippen molar-refractivity contribution in [2.75, 3.05) is 5.32 Å². The predicted octanol–water partition coefficient (Wildman–Crippen LogP) is 3.91. The van der Waals surface area contributed by atoms with Crippen molar-refractivity contribution in [3.05, 3.63) is 41.1 Å². The average molecular weight is 367 g/mol. The van der Waals surface area contributed by atoms with E-state index in [-0.39, 0.29) is 16.8 Å². The maximum Gasteiger partial charge on any atom is 0.371 e. The van der Waals surface area contributed by atoms with Crippen LogP contribution in [0.25, 0.3) is 11.3 Å². The summed E-state index contributed by atoms with van der Waals surface area (Å²) in [6.07, 6.45) is 1.08. The lowest BCUT2D eigenvalue weighted by Crippen LogP contribution is -2.33. The van der Waals surface area contributed by atoms with E-state index in [0.717, 1.165) is 0 Å². The molecule has 1 amide bonds. The summed E-state index contributed by atoms with van der Waals surface area (Å²) in [4.78, 5) is 22.5. The van der Waals surface area contributed by atoms with Gasteiger partial charge in [-0.1, -0.05) is 18.5 Å². The highest BCUT2D eigenvalue weighted by Gasteiger charge is 2.15. The molecule has 2 rings (SSSR count). The van der Waals surface area contributed by atoms with Gasteiger partial charge in [0.05, 0.1) is 5.69 Å². The number of amides is 1. The van der Waals surface area contributed by atoms with Crippen LogP contribution in [-0.2, 0) is 4.79 Å². The molecule has 0 aliphatic rings. The second-order valence-electron chi connectivity index (χ2n) is 4.91. The fraction of sp³-hybridized carbons (Fsp3) is 0.188. The summed E-state index contributed by atoms with van der Waals surface area (Å²) in [7, 11) is 0. The number of hydrogen-bond donors (Lipinski definition) is 3. The third-order valence-corrected chi connectivity index (χ3v) is 3.48. The van der Waals surface area contributed by atoms with Crippen LogP contribution in [0.2, 0.25) is 5.02 Å². The van der Waals surface area contributed by atoms with Gasteiger partial charge in [-0.05, 0) is 49.0 Å². The Labute approximate surface area is 148 Å². The number of rotatable bonds is 5. The summed E-state index contributed by atoms with van der Waals surface area (Å²) < 4.78 is 5.30. The zero-order valence-corrected chi connectivity index (χ0v) is 14.3. The van der Waals surface area contributed by atoms with Crippen LogP contribution in [0.3, 0.4) is 0 Å². The standard InChI is InChI=1S/C16H15ClN2O4S/c1-2-3-14(20)19-16(24)18-11-8-9(17)4-5-10(11)12-6-7-13(23-12)15(21)22/h4-8H,2-3H2,1H3,(H,21,22)(H2,18,19,20,24). The molecule has 0 aliphatic heterocycles. The molecule has 0 saturated heterocycles. The molecule has 1 aromatic carbocycles. The third kappa shape index (κ3) is 4.56. The van der Waals surface area contributed by atoms with E-state index in [0.29, 0.717) is 34.9 Å². The molecule has 0 bridgehead atoms. The van der Waals surface area contributed by atoms with Gasteiger partial charge in [0.25, 0.3) is 0 Å². The minimum atomic E-state index is -1.16. The lowest BCUT2D eigenvalue weighted by atomic mass is 10.1. The molecular formula is C16H15ClN2O4S. The number of aromatic carboxylic acids is 1. The van der Waals surface area contributed by atoms with Gasteiger partial charge in [-0.2, -0.15) is 0 Å². The van der Waals surface area contributed by atoms with E-state index in [9.17, 15) is 9.59 Å². The number of hydrogen-bond acceptors (Lipinski definition) is 4. The van der Waals surface area contributed by atoms with E-state index in [4.69, 9.17) is 33.3 Å². The van der Waals surface area contributed by atoms with E-state index < -0.39 is 5.97 Å². The first-order valence-electron chi connectivity index (χ1n) is 7.14. The van der Waals surface area contributed by atoms with E-state index in [1.807, 2.05) is 6.92 Å². The molecule has 0 atom stereocenters. The molecule has 0 spiro atoms. The lowest BCUT2D eigenvalue weighted by Gasteiger charge is -2.13. The third-order valence-electron chi connectivity index (χ3n) is 3.04. The van der Waals surface area contributed by atoms with Gasteiger partial charge in [0.2, 0.25) is 11.7 Å². The number of carboxylic acids is 1. The molecule has 0 saturated carbocycles. The first-order chi connectivity index (χ1) is 11.4. The maximum atomic E-state index is 11.6. The second kappa shape index (κ2) is 7.94. The fourth-order valence-electron chi connectivity index (χ4n) is 2.00. The molecule has 0 aliphatic carbocycles. The van der Waals surface area contributed by atoms with Crippen molar-refractivity contribution in [1.82, 2.24) is 5.32 Å². The number of carbonyl (C=O) groups excluding carboxylic acids is 1. The van der Waals surface area contributed by atoms with Crippen LogP contribution in [0.5, 0.6) is 0 Å². The number of furan rings is 1. The first kappa shape index (κ1) is 18.0. The number of carboxylic acid groups (broad SMARTS) is 1. The van der Waals surface area contributed by atoms with Crippen LogP contribution in [0.15, 0.2) is 34.7 Å². The van der Waals surface area contributed by atoms with Crippen LogP contribution >= 0.6 is 23.8 Å². The maximum absolute atomic E-state index is 11.6. The molecule has 1 aromatic heterocycles. The van der Waals surface area contributed by atoms with E-state index >= 15 is 0 Å². The minimum absolute atomic E-state index is 0.127.